The van der Waals surface area contributed by atoms with Crippen molar-refractivity contribution in [2.45, 2.75) is 19.5 Å². The highest BCUT2D eigenvalue weighted by Crippen LogP contribution is 2.08. The molecule has 0 unspecified atom stereocenters. The molecule has 0 spiro atoms. The van der Waals surface area contributed by atoms with Gasteiger partial charge in [-0.15, -0.1) is 0 Å². The van der Waals surface area contributed by atoms with Crippen molar-refractivity contribution in [1.82, 2.24) is 10.2 Å². The van der Waals surface area contributed by atoms with Crippen LogP contribution in [-0.2, 0) is 6.54 Å². The SMILES string of the molecule is CNC(=O)c1ccc(CN(C)[C@@H](C)C#N)cc1. The van der Waals surface area contributed by atoms with Crippen molar-refractivity contribution < 1.29 is 4.79 Å². The van der Waals surface area contributed by atoms with Gasteiger partial charge in [-0.2, -0.15) is 5.26 Å². The topological polar surface area (TPSA) is 56.1 Å². The van der Waals surface area contributed by atoms with Gasteiger partial charge in [0.15, 0.2) is 0 Å². The predicted octanol–water partition coefficient (Wildman–Crippen LogP) is 1.39. The second kappa shape index (κ2) is 6.02. The lowest BCUT2D eigenvalue weighted by molar-refractivity contribution is 0.0963. The number of hydrogen-bond acceptors (Lipinski definition) is 3. The fourth-order valence-electron chi connectivity index (χ4n) is 1.43. The zero-order valence-corrected chi connectivity index (χ0v) is 10.4. The summed E-state index contributed by atoms with van der Waals surface area (Å²) in [5, 5.41) is 11.4. The summed E-state index contributed by atoms with van der Waals surface area (Å²) in [6.07, 6.45) is 0. The summed E-state index contributed by atoms with van der Waals surface area (Å²) in [6.45, 7) is 2.56. The molecule has 0 aliphatic carbocycles. The minimum atomic E-state index is -0.117. The van der Waals surface area contributed by atoms with E-state index in [9.17, 15) is 4.79 Å². The Labute approximate surface area is 102 Å². The van der Waals surface area contributed by atoms with Gasteiger partial charge < -0.3 is 5.32 Å². The molecule has 1 rings (SSSR count). The third-order valence-corrected chi connectivity index (χ3v) is 2.72. The first-order valence-electron chi connectivity index (χ1n) is 5.49. The van der Waals surface area contributed by atoms with Gasteiger partial charge in [-0.05, 0) is 31.7 Å². The first-order chi connectivity index (χ1) is 8.08. The zero-order valence-electron chi connectivity index (χ0n) is 10.4. The van der Waals surface area contributed by atoms with E-state index in [1.807, 2.05) is 31.0 Å². The molecule has 1 atom stereocenters. The number of benzene rings is 1. The number of rotatable bonds is 4. The monoisotopic (exact) mass is 231 g/mol. The quantitative estimate of drug-likeness (QED) is 0.852. The Morgan fingerprint density at radius 3 is 2.53 bits per heavy atom. The molecule has 4 nitrogen and oxygen atoms in total. The molecule has 4 heteroatoms. The molecule has 0 radical (unpaired) electrons. The van der Waals surface area contributed by atoms with Crippen LogP contribution >= 0.6 is 0 Å². The second-order valence-electron chi connectivity index (χ2n) is 4.00. The molecule has 0 aliphatic heterocycles. The highest BCUT2D eigenvalue weighted by atomic mass is 16.1. The van der Waals surface area contributed by atoms with Gasteiger partial charge in [-0.1, -0.05) is 12.1 Å². The smallest absolute Gasteiger partial charge is 0.251 e. The fraction of sp³-hybridized carbons (Fsp3) is 0.385. The number of amides is 1. The standard InChI is InChI=1S/C13H17N3O/c1-10(8-14)16(3)9-11-4-6-12(7-5-11)13(17)15-2/h4-7,10H,9H2,1-3H3,(H,15,17)/t10-/m0/s1. The number of nitrogens with zero attached hydrogens (tertiary/aromatic N) is 2. The fourth-order valence-corrected chi connectivity index (χ4v) is 1.43. The summed E-state index contributed by atoms with van der Waals surface area (Å²) in [4.78, 5) is 13.3. The van der Waals surface area contributed by atoms with Crippen LogP contribution in [0.5, 0.6) is 0 Å². The molecule has 1 aromatic carbocycles. The lowest BCUT2D eigenvalue weighted by Crippen LogP contribution is -2.27. The first kappa shape index (κ1) is 13.2. The van der Waals surface area contributed by atoms with Gasteiger partial charge in [0.2, 0.25) is 0 Å². The second-order valence-corrected chi connectivity index (χ2v) is 4.00. The molecular weight excluding hydrogens is 214 g/mol. The van der Waals surface area contributed by atoms with Crippen molar-refractivity contribution in [3.05, 3.63) is 35.4 Å². The average Bonchev–Trinajstić information content (AvgIpc) is 2.37. The molecule has 90 valence electrons. The normalized spacial score (nSPS) is 11.9. The van der Waals surface area contributed by atoms with E-state index in [1.54, 1.807) is 19.2 Å². The Bertz CT molecular complexity index is 419. The first-order valence-corrected chi connectivity index (χ1v) is 5.49. The Balaban J connectivity index is 2.69. The van der Waals surface area contributed by atoms with E-state index in [4.69, 9.17) is 5.26 Å². The molecule has 0 saturated carbocycles. The van der Waals surface area contributed by atoms with Crippen LogP contribution < -0.4 is 5.32 Å². The number of nitrogens with one attached hydrogen (secondary N) is 1. The summed E-state index contributed by atoms with van der Waals surface area (Å²) in [5.41, 5.74) is 1.73. The number of hydrogen-bond donors (Lipinski definition) is 1. The van der Waals surface area contributed by atoms with Crippen molar-refractivity contribution in [3.63, 3.8) is 0 Å². The van der Waals surface area contributed by atoms with Crippen molar-refractivity contribution in [2.75, 3.05) is 14.1 Å². The Morgan fingerprint density at radius 1 is 1.47 bits per heavy atom. The van der Waals surface area contributed by atoms with Crippen LogP contribution in [0.15, 0.2) is 24.3 Å². The molecule has 17 heavy (non-hydrogen) atoms. The third kappa shape index (κ3) is 3.58. The van der Waals surface area contributed by atoms with Gasteiger partial charge in [0.1, 0.15) is 0 Å². The van der Waals surface area contributed by atoms with E-state index in [1.165, 1.54) is 0 Å². The van der Waals surface area contributed by atoms with Gasteiger partial charge in [0.05, 0.1) is 12.1 Å². The molecule has 1 amide bonds. The highest BCUT2D eigenvalue weighted by molar-refractivity contribution is 5.93. The van der Waals surface area contributed by atoms with E-state index in [-0.39, 0.29) is 11.9 Å². The van der Waals surface area contributed by atoms with Crippen LogP contribution in [0.3, 0.4) is 0 Å². The van der Waals surface area contributed by atoms with Crippen LogP contribution in [-0.4, -0.2) is 30.9 Å². The minimum Gasteiger partial charge on any atom is -0.355 e. The van der Waals surface area contributed by atoms with Gasteiger partial charge in [-0.25, -0.2) is 0 Å². The molecule has 0 aliphatic rings. The molecule has 0 heterocycles. The maximum Gasteiger partial charge on any atom is 0.251 e. The molecule has 0 fully saturated rings. The van der Waals surface area contributed by atoms with E-state index in [0.717, 1.165) is 5.56 Å². The largest absolute Gasteiger partial charge is 0.355 e. The van der Waals surface area contributed by atoms with E-state index >= 15 is 0 Å². The molecule has 0 bridgehead atoms. The van der Waals surface area contributed by atoms with Gasteiger partial charge in [-0.3, -0.25) is 9.69 Å². The molecule has 0 aromatic heterocycles. The van der Waals surface area contributed by atoms with Crippen LogP contribution in [0.25, 0.3) is 0 Å². The molecular formula is C13H17N3O. The van der Waals surface area contributed by atoms with Crippen molar-refractivity contribution in [3.8, 4) is 6.07 Å². The van der Waals surface area contributed by atoms with Crippen molar-refractivity contribution in [2.24, 2.45) is 0 Å². The van der Waals surface area contributed by atoms with Crippen molar-refractivity contribution in [1.29, 1.82) is 5.26 Å². The lowest BCUT2D eigenvalue weighted by atomic mass is 10.1. The summed E-state index contributed by atoms with van der Waals surface area (Å²) < 4.78 is 0. The summed E-state index contributed by atoms with van der Waals surface area (Å²) >= 11 is 0. The van der Waals surface area contributed by atoms with Crippen LogP contribution in [0, 0.1) is 11.3 Å². The van der Waals surface area contributed by atoms with E-state index in [2.05, 4.69) is 11.4 Å². The van der Waals surface area contributed by atoms with Gasteiger partial charge in [0, 0.05) is 19.2 Å². The average molecular weight is 231 g/mol. The Hall–Kier alpha value is -1.86. The van der Waals surface area contributed by atoms with Crippen LogP contribution in [0.2, 0.25) is 0 Å². The summed E-state index contributed by atoms with van der Waals surface area (Å²) in [6, 6.07) is 9.47. The van der Waals surface area contributed by atoms with E-state index < -0.39 is 0 Å². The number of carbonyl (C=O) groups excluding carboxylic acids is 1. The number of carbonyl (C=O) groups is 1. The minimum absolute atomic E-state index is 0.0877. The summed E-state index contributed by atoms with van der Waals surface area (Å²) in [7, 11) is 3.51. The highest BCUT2D eigenvalue weighted by Gasteiger charge is 2.08. The van der Waals surface area contributed by atoms with Gasteiger partial charge in [0.25, 0.3) is 5.91 Å². The predicted molar refractivity (Wildman–Crippen MR) is 66.4 cm³/mol. The van der Waals surface area contributed by atoms with Gasteiger partial charge >= 0.3 is 0 Å². The molecule has 1 aromatic rings. The maximum absolute atomic E-state index is 11.3. The van der Waals surface area contributed by atoms with Crippen LogP contribution in [0.4, 0.5) is 0 Å². The lowest BCUT2D eigenvalue weighted by Gasteiger charge is -2.18. The van der Waals surface area contributed by atoms with Crippen molar-refractivity contribution >= 4 is 5.91 Å². The maximum atomic E-state index is 11.3. The third-order valence-electron chi connectivity index (χ3n) is 2.72. The Kier molecular flexibility index (Phi) is 4.68. The Morgan fingerprint density at radius 2 is 2.06 bits per heavy atom. The molecule has 0 saturated heterocycles. The van der Waals surface area contributed by atoms with Crippen LogP contribution in [0.1, 0.15) is 22.8 Å². The number of nitriles is 1. The zero-order chi connectivity index (χ0) is 12.8. The molecule has 1 N–H and O–H groups in total. The van der Waals surface area contributed by atoms with E-state index in [0.29, 0.717) is 12.1 Å². The summed E-state index contributed by atoms with van der Waals surface area (Å²) in [5.74, 6) is -0.0877.